The zero-order chi connectivity index (χ0) is 17.2. The van der Waals surface area contributed by atoms with Gasteiger partial charge < -0.3 is 0 Å². The Labute approximate surface area is 142 Å². The summed E-state index contributed by atoms with van der Waals surface area (Å²) in [6.45, 7) is 2.10. The van der Waals surface area contributed by atoms with E-state index in [4.69, 9.17) is 0 Å². The number of carbonyl (C=O) groups is 1. The number of rotatable bonds is 5. The van der Waals surface area contributed by atoms with Crippen molar-refractivity contribution in [1.29, 1.82) is 10.5 Å². The van der Waals surface area contributed by atoms with Crippen molar-refractivity contribution in [2.45, 2.75) is 50.6 Å². The van der Waals surface area contributed by atoms with E-state index in [1.165, 1.54) is 0 Å². The van der Waals surface area contributed by atoms with Crippen LogP contribution in [0.15, 0.2) is 29.4 Å². The standard InChI is InChI=1S/C19H20N4O/c1-2-3-4-9-17(24)16-10-19(12-20,13-21)23-18(16)15-8-6-5-7-14(15)11-22-23/h5-8,11,16,18H,2-4,9-10H2,1H3/t16-,18+/m1/s1. The molecule has 1 aromatic carbocycles. The molecule has 0 spiro atoms. The molecule has 0 aliphatic carbocycles. The molecule has 1 saturated heterocycles. The van der Waals surface area contributed by atoms with E-state index in [0.717, 1.165) is 30.4 Å². The van der Waals surface area contributed by atoms with E-state index in [1.807, 2.05) is 24.3 Å². The molecule has 0 radical (unpaired) electrons. The van der Waals surface area contributed by atoms with Crippen LogP contribution in [-0.4, -0.2) is 22.5 Å². The van der Waals surface area contributed by atoms with Crippen molar-refractivity contribution in [3.63, 3.8) is 0 Å². The third-order valence-electron chi connectivity index (χ3n) is 5.00. The van der Waals surface area contributed by atoms with Gasteiger partial charge in [0.1, 0.15) is 17.9 Å². The molecule has 5 heteroatoms. The Bertz CT molecular complexity index is 741. The molecule has 3 rings (SSSR count). The number of fused-ring (bicyclic) bond motifs is 3. The minimum Gasteiger partial charge on any atom is -0.299 e. The van der Waals surface area contributed by atoms with Gasteiger partial charge in [-0.2, -0.15) is 15.6 Å². The fourth-order valence-electron chi connectivity index (χ4n) is 3.72. The molecular formula is C19H20N4O. The second kappa shape index (κ2) is 6.45. The molecule has 0 N–H and O–H groups in total. The summed E-state index contributed by atoms with van der Waals surface area (Å²) >= 11 is 0. The number of nitriles is 2. The summed E-state index contributed by atoms with van der Waals surface area (Å²) in [5, 5.41) is 25.2. The Morgan fingerprint density at radius 3 is 2.79 bits per heavy atom. The van der Waals surface area contributed by atoms with Gasteiger partial charge in [0.05, 0.1) is 12.3 Å². The van der Waals surface area contributed by atoms with Crippen molar-refractivity contribution in [3.05, 3.63) is 35.4 Å². The van der Waals surface area contributed by atoms with Crippen molar-refractivity contribution in [3.8, 4) is 12.1 Å². The van der Waals surface area contributed by atoms with E-state index >= 15 is 0 Å². The van der Waals surface area contributed by atoms with Crippen LogP contribution in [0.4, 0.5) is 0 Å². The van der Waals surface area contributed by atoms with Gasteiger partial charge >= 0.3 is 0 Å². The molecule has 5 nitrogen and oxygen atoms in total. The van der Waals surface area contributed by atoms with E-state index < -0.39 is 5.54 Å². The van der Waals surface area contributed by atoms with Crippen LogP contribution in [0.25, 0.3) is 0 Å². The molecule has 0 bridgehead atoms. The summed E-state index contributed by atoms with van der Waals surface area (Å²) in [7, 11) is 0. The molecule has 122 valence electrons. The van der Waals surface area contributed by atoms with Crippen LogP contribution < -0.4 is 0 Å². The van der Waals surface area contributed by atoms with E-state index in [1.54, 1.807) is 11.2 Å². The lowest BCUT2D eigenvalue weighted by Crippen LogP contribution is -2.40. The second-order valence-corrected chi connectivity index (χ2v) is 6.48. The third kappa shape index (κ3) is 2.47. The van der Waals surface area contributed by atoms with Gasteiger partial charge in [0, 0.05) is 18.8 Å². The van der Waals surface area contributed by atoms with Crippen molar-refractivity contribution >= 4 is 12.0 Å². The summed E-state index contributed by atoms with van der Waals surface area (Å²) in [4.78, 5) is 12.8. The molecule has 2 atom stereocenters. The van der Waals surface area contributed by atoms with Crippen LogP contribution >= 0.6 is 0 Å². The van der Waals surface area contributed by atoms with E-state index in [2.05, 4.69) is 24.2 Å². The Morgan fingerprint density at radius 2 is 2.08 bits per heavy atom. The summed E-state index contributed by atoms with van der Waals surface area (Å²) in [5.74, 6) is -0.225. The Morgan fingerprint density at radius 1 is 1.33 bits per heavy atom. The first-order valence-electron chi connectivity index (χ1n) is 8.44. The smallest absolute Gasteiger partial charge is 0.230 e. The molecule has 0 amide bonds. The summed E-state index contributed by atoms with van der Waals surface area (Å²) in [6, 6.07) is 11.7. The average Bonchev–Trinajstić information content (AvgIpc) is 2.97. The average molecular weight is 320 g/mol. The third-order valence-corrected chi connectivity index (χ3v) is 5.00. The van der Waals surface area contributed by atoms with Gasteiger partial charge in [0.25, 0.3) is 0 Å². The number of nitrogens with zero attached hydrogens (tertiary/aromatic N) is 4. The maximum Gasteiger partial charge on any atom is 0.230 e. The number of hydrazone groups is 1. The van der Waals surface area contributed by atoms with Crippen LogP contribution in [0.1, 0.15) is 56.2 Å². The largest absolute Gasteiger partial charge is 0.299 e. The lowest BCUT2D eigenvalue weighted by Gasteiger charge is -2.33. The first-order valence-corrected chi connectivity index (χ1v) is 8.44. The van der Waals surface area contributed by atoms with Crippen LogP contribution in [0.5, 0.6) is 0 Å². The molecule has 2 heterocycles. The second-order valence-electron chi connectivity index (χ2n) is 6.48. The van der Waals surface area contributed by atoms with Crippen LogP contribution in [0.2, 0.25) is 0 Å². The number of carbonyl (C=O) groups excluding carboxylic acids is 1. The van der Waals surface area contributed by atoms with E-state index in [0.29, 0.717) is 6.42 Å². The van der Waals surface area contributed by atoms with Crippen LogP contribution in [-0.2, 0) is 4.79 Å². The van der Waals surface area contributed by atoms with Crippen LogP contribution in [0, 0.1) is 28.6 Å². The zero-order valence-corrected chi connectivity index (χ0v) is 13.8. The maximum atomic E-state index is 12.8. The van der Waals surface area contributed by atoms with Gasteiger partial charge in [-0.1, -0.05) is 44.0 Å². The number of hydrogen-bond acceptors (Lipinski definition) is 5. The van der Waals surface area contributed by atoms with E-state index in [9.17, 15) is 15.3 Å². The van der Waals surface area contributed by atoms with Crippen molar-refractivity contribution in [1.82, 2.24) is 5.01 Å². The normalized spacial score (nSPS) is 23.0. The fourth-order valence-corrected chi connectivity index (χ4v) is 3.72. The Balaban J connectivity index is 1.98. The number of Topliss-reactive ketones (excluding diaryl/α,β-unsaturated/α-hetero) is 1. The lowest BCUT2D eigenvalue weighted by atomic mass is 9.84. The Kier molecular flexibility index (Phi) is 4.36. The highest BCUT2D eigenvalue weighted by Gasteiger charge is 2.56. The minimum absolute atomic E-state index is 0.137. The lowest BCUT2D eigenvalue weighted by molar-refractivity contribution is -0.123. The van der Waals surface area contributed by atoms with E-state index in [-0.39, 0.29) is 24.2 Å². The quantitative estimate of drug-likeness (QED) is 0.779. The predicted molar refractivity (Wildman–Crippen MR) is 89.8 cm³/mol. The molecule has 0 saturated carbocycles. The van der Waals surface area contributed by atoms with Crippen molar-refractivity contribution in [2.75, 3.05) is 0 Å². The SMILES string of the molecule is CCCCCC(=O)[C@H]1CC(C#N)(C#N)N2N=Cc3ccccc3[C@@H]12. The maximum absolute atomic E-state index is 12.8. The van der Waals surface area contributed by atoms with Gasteiger partial charge in [0.2, 0.25) is 5.54 Å². The summed E-state index contributed by atoms with van der Waals surface area (Å²) in [5.41, 5.74) is 0.574. The number of ketones is 1. The highest BCUT2D eigenvalue weighted by atomic mass is 16.1. The zero-order valence-electron chi connectivity index (χ0n) is 13.8. The molecule has 1 fully saturated rings. The number of benzene rings is 1. The van der Waals surface area contributed by atoms with Gasteiger partial charge in [0.15, 0.2) is 0 Å². The van der Waals surface area contributed by atoms with Crippen molar-refractivity contribution in [2.24, 2.45) is 11.0 Å². The molecule has 1 aromatic rings. The predicted octanol–water partition coefficient (Wildman–Crippen LogP) is 3.33. The highest BCUT2D eigenvalue weighted by molar-refractivity contribution is 5.87. The molecule has 2 aliphatic rings. The fraction of sp³-hybridized carbons (Fsp3) is 0.474. The van der Waals surface area contributed by atoms with Gasteiger partial charge in [-0.15, -0.1) is 0 Å². The Hall–Kier alpha value is -2.66. The molecule has 24 heavy (non-hydrogen) atoms. The topological polar surface area (TPSA) is 80.2 Å². The van der Waals surface area contributed by atoms with Gasteiger partial charge in [-0.3, -0.25) is 9.80 Å². The number of unbranched alkanes of at least 4 members (excludes halogenated alkanes) is 2. The van der Waals surface area contributed by atoms with Crippen molar-refractivity contribution < 1.29 is 4.79 Å². The summed E-state index contributed by atoms with van der Waals surface area (Å²) < 4.78 is 0. The first-order chi connectivity index (χ1) is 11.7. The molecular weight excluding hydrogens is 300 g/mol. The van der Waals surface area contributed by atoms with Crippen LogP contribution in [0.3, 0.4) is 0 Å². The monoisotopic (exact) mass is 320 g/mol. The molecule has 0 aromatic heterocycles. The summed E-state index contributed by atoms with van der Waals surface area (Å²) in [6.07, 6.45) is 5.34. The minimum atomic E-state index is -1.36. The van der Waals surface area contributed by atoms with Gasteiger partial charge in [-0.05, 0) is 17.5 Å². The molecule has 0 unspecified atom stereocenters. The van der Waals surface area contributed by atoms with Gasteiger partial charge in [-0.25, -0.2) is 0 Å². The number of hydrogen-bond donors (Lipinski definition) is 0. The highest BCUT2D eigenvalue weighted by Crippen LogP contribution is 2.49. The molecule has 2 aliphatic heterocycles. The first kappa shape index (κ1) is 16.2.